The van der Waals surface area contributed by atoms with Crippen LogP contribution in [0.1, 0.15) is 19.8 Å². The zero-order valence-corrected chi connectivity index (χ0v) is 13.3. The first kappa shape index (κ1) is 15.5. The van der Waals surface area contributed by atoms with Crippen LogP contribution in [0.5, 0.6) is 0 Å². The minimum atomic E-state index is -3.53. The van der Waals surface area contributed by atoms with Crippen molar-refractivity contribution in [1.82, 2.24) is 4.31 Å². The lowest BCUT2D eigenvalue weighted by atomic mass is 10.0. The van der Waals surface area contributed by atoms with Gasteiger partial charge in [-0.15, -0.1) is 0 Å². The fourth-order valence-corrected chi connectivity index (χ4v) is 4.25. The van der Waals surface area contributed by atoms with Crippen LogP contribution < -0.4 is 4.72 Å². The predicted molar refractivity (Wildman–Crippen MR) is 81.3 cm³/mol. The standard InChI is InChI=1S/C13H20N2O3S2/c1-11-5-4-8-15(10-11)20(17,18)14-12-6-3-7-13(9-12)19(2)16/h3,6-7,9,11,14H,4-5,8,10H2,1-2H3. The molecule has 1 aromatic carbocycles. The van der Waals surface area contributed by atoms with Gasteiger partial charge in [-0.1, -0.05) is 13.0 Å². The van der Waals surface area contributed by atoms with Crippen LogP contribution in [0.15, 0.2) is 29.2 Å². The minimum Gasteiger partial charge on any atom is -0.271 e. The van der Waals surface area contributed by atoms with Crippen LogP contribution in [0.3, 0.4) is 0 Å². The largest absolute Gasteiger partial charge is 0.301 e. The molecule has 5 nitrogen and oxygen atoms in total. The molecule has 0 aliphatic carbocycles. The summed E-state index contributed by atoms with van der Waals surface area (Å²) in [6, 6.07) is 6.70. The lowest BCUT2D eigenvalue weighted by Crippen LogP contribution is -2.42. The summed E-state index contributed by atoms with van der Waals surface area (Å²) in [5, 5.41) is 0. The maximum Gasteiger partial charge on any atom is 0.301 e. The molecule has 1 heterocycles. The van der Waals surface area contributed by atoms with Gasteiger partial charge in [-0.25, -0.2) is 0 Å². The molecule has 7 heteroatoms. The normalized spacial score (nSPS) is 22.4. The van der Waals surface area contributed by atoms with Crippen LogP contribution in [-0.4, -0.2) is 36.3 Å². The molecule has 2 atom stereocenters. The molecule has 1 aliphatic heterocycles. The number of nitrogens with one attached hydrogen (secondary N) is 1. The molecule has 112 valence electrons. The third kappa shape index (κ3) is 3.80. The molecule has 0 aromatic heterocycles. The lowest BCUT2D eigenvalue weighted by molar-refractivity contribution is 0.282. The Bertz CT molecular complexity index is 601. The van der Waals surface area contributed by atoms with E-state index >= 15 is 0 Å². The van der Waals surface area contributed by atoms with Gasteiger partial charge in [0.25, 0.3) is 0 Å². The Labute approximate surface area is 123 Å². The second kappa shape index (κ2) is 6.24. The van der Waals surface area contributed by atoms with Crippen molar-refractivity contribution in [3.8, 4) is 0 Å². The van der Waals surface area contributed by atoms with E-state index in [1.807, 2.05) is 0 Å². The zero-order valence-electron chi connectivity index (χ0n) is 11.7. The minimum absolute atomic E-state index is 0.384. The van der Waals surface area contributed by atoms with E-state index in [0.717, 1.165) is 12.8 Å². The van der Waals surface area contributed by atoms with Gasteiger partial charge >= 0.3 is 10.2 Å². The monoisotopic (exact) mass is 316 g/mol. The van der Waals surface area contributed by atoms with Gasteiger partial charge in [0.1, 0.15) is 0 Å². The van der Waals surface area contributed by atoms with Gasteiger partial charge in [0, 0.05) is 35.0 Å². The maximum absolute atomic E-state index is 12.3. The van der Waals surface area contributed by atoms with Crippen molar-refractivity contribution in [2.24, 2.45) is 5.92 Å². The van der Waals surface area contributed by atoms with Crippen molar-refractivity contribution in [3.05, 3.63) is 24.3 Å². The topological polar surface area (TPSA) is 66.5 Å². The van der Waals surface area contributed by atoms with Gasteiger partial charge in [-0.05, 0) is 37.0 Å². The van der Waals surface area contributed by atoms with Crippen molar-refractivity contribution in [2.45, 2.75) is 24.7 Å². The summed E-state index contributed by atoms with van der Waals surface area (Å²) in [6.07, 6.45) is 3.53. The lowest BCUT2D eigenvalue weighted by Gasteiger charge is -2.30. The van der Waals surface area contributed by atoms with Crippen LogP contribution in [0, 0.1) is 5.92 Å². The van der Waals surface area contributed by atoms with Crippen LogP contribution in [-0.2, 0) is 21.0 Å². The first-order chi connectivity index (χ1) is 9.38. The molecule has 0 radical (unpaired) electrons. The fraction of sp³-hybridized carbons (Fsp3) is 0.538. The average Bonchev–Trinajstić information content (AvgIpc) is 2.38. The highest BCUT2D eigenvalue weighted by molar-refractivity contribution is 7.90. The molecule has 1 N–H and O–H groups in total. The fourth-order valence-electron chi connectivity index (χ4n) is 2.32. The average molecular weight is 316 g/mol. The zero-order chi connectivity index (χ0) is 14.8. The highest BCUT2D eigenvalue weighted by Gasteiger charge is 2.26. The summed E-state index contributed by atoms with van der Waals surface area (Å²) in [5.74, 6) is 0.384. The van der Waals surface area contributed by atoms with Crippen LogP contribution in [0.25, 0.3) is 0 Å². The van der Waals surface area contributed by atoms with Crippen LogP contribution in [0.4, 0.5) is 5.69 Å². The highest BCUT2D eigenvalue weighted by atomic mass is 32.2. The smallest absolute Gasteiger partial charge is 0.271 e. The highest BCUT2D eigenvalue weighted by Crippen LogP contribution is 2.21. The summed E-state index contributed by atoms with van der Waals surface area (Å²) < 4.78 is 40.1. The molecule has 20 heavy (non-hydrogen) atoms. The summed E-state index contributed by atoms with van der Waals surface area (Å²) in [5.41, 5.74) is 0.455. The summed E-state index contributed by atoms with van der Waals surface area (Å²) in [7, 11) is -4.65. The molecular formula is C13H20N2O3S2. The van der Waals surface area contributed by atoms with Gasteiger partial charge in [-0.2, -0.15) is 12.7 Å². The van der Waals surface area contributed by atoms with Gasteiger partial charge < -0.3 is 0 Å². The number of hydrogen-bond acceptors (Lipinski definition) is 3. The number of hydrogen-bond donors (Lipinski definition) is 1. The first-order valence-corrected chi connectivity index (χ1v) is 9.59. The van der Waals surface area contributed by atoms with Crippen molar-refractivity contribution < 1.29 is 12.6 Å². The number of benzene rings is 1. The third-order valence-corrected chi connectivity index (χ3v) is 5.80. The Morgan fingerprint density at radius 1 is 1.40 bits per heavy atom. The van der Waals surface area contributed by atoms with Crippen LogP contribution >= 0.6 is 0 Å². The molecular weight excluding hydrogens is 296 g/mol. The Kier molecular flexibility index (Phi) is 4.82. The second-order valence-electron chi connectivity index (χ2n) is 5.19. The van der Waals surface area contributed by atoms with E-state index in [1.165, 1.54) is 4.31 Å². The maximum atomic E-state index is 12.3. The van der Waals surface area contributed by atoms with Gasteiger partial charge in [-0.3, -0.25) is 8.93 Å². The van der Waals surface area contributed by atoms with E-state index in [1.54, 1.807) is 30.5 Å². The molecule has 0 bridgehead atoms. The van der Waals surface area contributed by atoms with Gasteiger partial charge in [0.05, 0.1) is 5.69 Å². The summed E-state index contributed by atoms with van der Waals surface area (Å²) in [4.78, 5) is 0.609. The van der Waals surface area contributed by atoms with Gasteiger partial charge in [0.2, 0.25) is 0 Å². The number of nitrogens with zero attached hydrogens (tertiary/aromatic N) is 1. The molecule has 1 aliphatic rings. The molecule has 0 spiro atoms. The van der Waals surface area contributed by atoms with Crippen molar-refractivity contribution >= 4 is 26.7 Å². The first-order valence-electron chi connectivity index (χ1n) is 6.60. The molecule has 0 saturated carbocycles. The number of anilines is 1. The van der Waals surface area contributed by atoms with E-state index in [4.69, 9.17) is 0 Å². The van der Waals surface area contributed by atoms with E-state index in [0.29, 0.717) is 29.6 Å². The summed E-state index contributed by atoms with van der Waals surface area (Å²) >= 11 is 0. The molecule has 0 amide bonds. The van der Waals surface area contributed by atoms with E-state index in [9.17, 15) is 12.6 Å². The molecule has 1 saturated heterocycles. The van der Waals surface area contributed by atoms with E-state index < -0.39 is 21.0 Å². The van der Waals surface area contributed by atoms with Crippen molar-refractivity contribution in [2.75, 3.05) is 24.1 Å². The second-order valence-corrected chi connectivity index (χ2v) is 8.24. The Balaban J connectivity index is 2.15. The molecule has 2 rings (SSSR count). The molecule has 1 fully saturated rings. The quantitative estimate of drug-likeness (QED) is 0.921. The van der Waals surface area contributed by atoms with E-state index in [2.05, 4.69) is 11.6 Å². The van der Waals surface area contributed by atoms with Crippen LogP contribution in [0.2, 0.25) is 0 Å². The summed E-state index contributed by atoms with van der Waals surface area (Å²) in [6.45, 7) is 3.16. The predicted octanol–water partition coefficient (Wildman–Crippen LogP) is 1.81. The van der Waals surface area contributed by atoms with Gasteiger partial charge in [0.15, 0.2) is 0 Å². The number of piperidine rings is 1. The Morgan fingerprint density at radius 2 is 2.15 bits per heavy atom. The Hall–Kier alpha value is -0.920. The SMILES string of the molecule is CC1CCCN(S(=O)(=O)Nc2cccc(S(C)=O)c2)C1. The molecule has 2 unspecified atom stereocenters. The van der Waals surface area contributed by atoms with Crippen molar-refractivity contribution in [1.29, 1.82) is 0 Å². The Morgan fingerprint density at radius 3 is 2.80 bits per heavy atom. The van der Waals surface area contributed by atoms with Crippen molar-refractivity contribution in [3.63, 3.8) is 0 Å². The third-order valence-electron chi connectivity index (χ3n) is 3.37. The number of rotatable bonds is 4. The molecule has 1 aromatic rings. The van der Waals surface area contributed by atoms with E-state index in [-0.39, 0.29) is 0 Å².